The second-order valence-electron chi connectivity index (χ2n) is 5.55. The van der Waals surface area contributed by atoms with Crippen LogP contribution in [0.3, 0.4) is 0 Å². The van der Waals surface area contributed by atoms with Crippen LogP contribution in [0.5, 0.6) is 5.75 Å². The zero-order valence-corrected chi connectivity index (χ0v) is 17.6. The average molecular weight is 459 g/mol. The number of benzene rings is 1. The highest BCUT2D eigenvalue weighted by Gasteiger charge is 2.06. The van der Waals surface area contributed by atoms with Gasteiger partial charge in [-0.2, -0.15) is 0 Å². The Morgan fingerprint density at radius 2 is 2.08 bits per heavy atom. The molecule has 2 N–H and O–H groups in total. The van der Waals surface area contributed by atoms with E-state index in [9.17, 15) is 0 Å². The molecule has 0 saturated carbocycles. The van der Waals surface area contributed by atoms with Crippen molar-refractivity contribution >= 4 is 41.3 Å². The van der Waals surface area contributed by atoms with Crippen LogP contribution in [-0.4, -0.2) is 26.7 Å². The minimum Gasteiger partial charge on any atom is -0.497 e. The fourth-order valence-corrected chi connectivity index (χ4v) is 3.17. The van der Waals surface area contributed by atoms with Crippen molar-refractivity contribution in [3.8, 4) is 5.75 Å². The van der Waals surface area contributed by atoms with Gasteiger partial charge in [0.15, 0.2) is 5.96 Å². The highest BCUT2D eigenvalue weighted by molar-refractivity contribution is 14.0. The van der Waals surface area contributed by atoms with Gasteiger partial charge in [-0.3, -0.25) is 4.99 Å². The van der Waals surface area contributed by atoms with Crippen LogP contribution < -0.4 is 15.4 Å². The summed E-state index contributed by atoms with van der Waals surface area (Å²) < 4.78 is 5.24. The van der Waals surface area contributed by atoms with Crippen molar-refractivity contribution in [3.05, 3.63) is 52.2 Å². The van der Waals surface area contributed by atoms with E-state index in [1.165, 1.54) is 10.4 Å². The van der Waals surface area contributed by atoms with Gasteiger partial charge in [0.25, 0.3) is 0 Å². The van der Waals surface area contributed by atoms with Gasteiger partial charge in [-0.25, -0.2) is 0 Å². The molecule has 0 aliphatic carbocycles. The number of aliphatic imine (C=N–C) groups is 1. The second-order valence-corrected chi connectivity index (χ2v) is 6.58. The first kappa shape index (κ1) is 20.8. The lowest BCUT2D eigenvalue weighted by molar-refractivity contribution is 0.414. The molecule has 132 valence electrons. The number of thiophene rings is 1. The van der Waals surface area contributed by atoms with Crippen molar-refractivity contribution in [3.63, 3.8) is 0 Å². The summed E-state index contributed by atoms with van der Waals surface area (Å²) in [6, 6.07) is 12.3. The minimum absolute atomic E-state index is 0. The standard InChI is InChI=1S/C18H25N3OS.HI/c1-14(10-17-8-5-9-23-17)12-20-18(19-2)21-13-15-6-4-7-16(11-15)22-3;/h4-9,11,14H,10,12-13H2,1-3H3,(H2,19,20,21);1H. The van der Waals surface area contributed by atoms with E-state index in [-0.39, 0.29) is 24.0 Å². The predicted molar refractivity (Wildman–Crippen MR) is 114 cm³/mol. The van der Waals surface area contributed by atoms with Gasteiger partial charge in [0.2, 0.25) is 0 Å². The van der Waals surface area contributed by atoms with E-state index < -0.39 is 0 Å². The molecule has 0 amide bonds. The molecule has 1 aromatic carbocycles. The maximum atomic E-state index is 5.24. The summed E-state index contributed by atoms with van der Waals surface area (Å²) in [6.45, 7) is 3.87. The summed E-state index contributed by atoms with van der Waals surface area (Å²) >= 11 is 1.82. The number of nitrogens with one attached hydrogen (secondary N) is 2. The molecule has 1 atom stereocenters. The third-order valence-corrected chi connectivity index (χ3v) is 4.46. The van der Waals surface area contributed by atoms with Gasteiger partial charge in [-0.15, -0.1) is 35.3 Å². The molecular formula is C18H26IN3OS. The van der Waals surface area contributed by atoms with Crippen LogP contribution in [0.1, 0.15) is 17.4 Å². The zero-order chi connectivity index (χ0) is 16.5. The van der Waals surface area contributed by atoms with Crippen LogP contribution in [0, 0.1) is 5.92 Å². The molecule has 1 heterocycles. The van der Waals surface area contributed by atoms with Gasteiger partial charge in [0.1, 0.15) is 5.75 Å². The van der Waals surface area contributed by atoms with E-state index in [0.29, 0.717) is 5.92 Å². The zero-order valence-electron chi connectivity index (χ0n) is 14.4. The van der Waals surface area contributed by atoms with Gasteiger partial charge in [0.05, 0.1) is 7.11 Å². The Labute approximate surface area is 165 Å². The molecule has 1 aromatic heterocycles. The van der Waals surface area contributed by atoms with E-state index in [4.69, 9.17) is 4.74 Å². The van der Waals surface area contributed by atoms with E-state index in [1.807, 2.05) is 29.5 Å². The van der Waals surface area contributed by atoms with Gasteiger partial charge >= 0.3 is 0 Å². The quantitative estimate of drug-likeness (QED) is 0.375. The fourth-order valence-electron chi connectivity index (χ4n) is 2.30. The molecule has 2 rings (SSSR count). The first-order valence-electron chi connectivity index (χ1n) is 7.81. The predicted octanol–water partition coefficient (Wildman–Crippen LogP) is 3.92. The first-order valence-corrected chi connectivity index (χ1v) is 8.69. The molecule has 4 nitrogen and oxygen atoms in total. The van der Waals surface area contributed by atoms with Gasteiger partial charge in [-0.05, 0) is 41.5 Å². The monoisotopic (exact) mass is 459 g/mol. The van der Waals surface area contributed by atoms with Crippen LogP contribution >= 0.6 is 35.3 Å². The molecule has 6 heteroatoms. The first-order chi connectivity index (χ1) is 11.2. The summed E-state index contributed by atoms with van der Waals surface area (Å²) in [6.07, 6.45) is 1.09. The molecule has 2 aromatic rings. The molecule has 1 unspecified atom stereocenters. The maximum absolute atomic E-state index is 5.24. The number of ether oxygens (including phenoxy) is 1. The highest BCUT2D eigenvalue weighted by Crippen LogP contribution is 2.14. The summed E-state index contributed by atoms with van der Waals surface area (Å²) in [4.78, 5) is 5.71. The number of hydrogen-bond acceptors (Lipinski definition) is 3. The molecule has 24 heavy (non-hydrogen) atoms. The van der Waals surface area contributed by atoms with Gasteiger partial charge in [0, 0.05) is 25.0 Å². The van der Waals surface area contributed by atoms with Crippen LogP contribution in [-0.2, 0) is 13.0 Å². The summed E-state index contributed by atoms with van der Waals surface area (Å²) in [7, 11) is 3.48. The van der Waals surface area contributed by atoms with Crippen molar-refractivity contribution < 1.29 is 4.74 Å². The second kappa shape index (κ2) is 11.3. The third kappa shape index (κ3) is 7.09. The number of nitrogens with zero attached hydrogens (tertiary/aromatic N) is 1. The number of methoxy groups -OCH3 is 1. The lowest BCUT2D eigenvalue weighted by atomic mass is 10.1. The fraction of sp³-hybridized carbons (Fsp3) is 0.389. The average Bonchev–Trinajstić information content (AvgIpc) is 3.08. The summed E-state index contributed by atoms with van der Waals surface area (Å²) in [5.74, 6) is 2.26. The van der Waals surface area contributed by atoms with Crippen molar-refractivity contribution in [2.24, 2.45) is 10.9 Å². The van der Waals surface area contributed by atoms with Crippen LogP contribution in [0.25, 0.3) is 0 Å². The normalized spacial score (nSPS) is 12.2. The summed E-state index contributed by atoms with van der Waals surface area (Å²) in [5, 5.41) is 8.86. The van der Waals surface area contributed by atoms with Crippen LogP contribution in [0.2, 0.25) is 0 Å². The minimum atomic E-state index is 0. The number of hydrogen-bond donors (Lipinski definition) is 2. The third-order valence-electron chi connectivity index (χ3n) is 3.57. The lowest BCUT2D eigenvalue weighted by Gasteiger charge is -2.16. The Balaban J connectivity index is 0.00000288. The SMILES string of the molecule is CN=C(NCc1cccc(OC)c1)NCC(C)Cc1cccs1.I. The van der Waals surface area contributed by atoms with Gasteiger partial charge < -0.3 is 15.4 Å². The smallest absolute Gasteiger partial charge is 0.191 e. The van der Waals surface area contributed by atoms with E-state index >= 15 is 0 Å². The molecular weight excluding hydrogens is 433 g/mol. The highest BCUT2D eigenvalue weighted by atomic mass is 127. The summed E-state index contributed by atoms with van der Waals surface area (Å²) in [5.41, 5.74) is 1.17. The van der Waals surface area contributed by atoms with Crippen molar-refractivity contribution in [2.45, 2.75) is 19.9 Å². The Bertz CT molecular complexity index is 616. The molecule has 0 saturated heterocycles. The van der Waals surface area contributed by atoms with Crippen molar-refractivity contribution in [1.29, 1.82) is 0 Å². The van der Waals surface area contributed by atoms with Crippen molar-refractivity contribution in [1.82, 2.24) is 10.6 Å². The van der Waals surface area contributed by atoms with E-state index in [2.05, 4.69) is 46.1 Å². The Hall–Kier alpha value is -1.28. The van der Waals surface area contributed by atoms with Crippen LogP contribution in [0.4, 0.5) is 0 Å². The van der Waals surface area contributed by atoms with E-state index in [0.717, 1.165) is 31.2 Å². The maximum Gasteiger partial charge on any atom is 0.191 e. The molecule has 0 spiro atoms. The number of rotatable bonds is 7. The molecule has 0 bridgehead atoms. The Morgan fingerprint density at radius 3 is 2.75 bits per heavy atom. The Morgan fingerprint density at radius 1 is 1.25 bits per heavy atom. The topological polar surface area (TPSA) is 45.7 Å². The molecule has 0 aliphatic rings. The Kier molecular flexibility index (Phi) is 9.78. The van der Waals surface area contributed by atoms with Crippen molar-refractivity contribution in [2.75, 3.05) is 20.7 Å². The molecule has 0 aliphatic heterocycles. The largest absolute Gasteiger partial charge is 0.497 e. The van der Waals surface area contributed by atoms with Crippen LogP contribution in [0.15, 0.2) is 46.8 Å². The molecule has 0 radical (unpaired) electrons. The van der Waals surface area contributed by atoms with Gasteiger partial charge in [-0.1, -0.05) is 25.1 Å². The number of guanidine groups is 1. The lowest BCUT2D eigenvalue weighted by Crippen LogP contribution is -2.39. The number of halogens is 1. The molecule has 0 fully saturated rings. The van der Waals surface area contributed by atoms with E-state index in [1.54, 1.807) is 14.2 Å².